The maximum Gasteiger partial charge on any atom is 0.348 e. The summed E-state index contributed by atoms with van der Waals surface area (Å²) in [5.41, 5.74) is 0.0697. The van der Waals surface area contributed by atoms with Crippen molar-refractivity contribution in [3.05, 3.63) is 17.9 Å². The number of furan rings is 1. The smallest absolute Gasteiger partial charge is 0.348 e. The fraction of sp³-hybridized carbons (Fsp3) is 0.444. The van der Waals surface area contributed by atoms with Crippen LogP contribution in [-0.4, -0.2) is 11.9 Å². The van der Waals surface area contributed by atoms with Gasteiger partial charge in [-0.3, -0.25) is 4.79 Å². The number of hydrogen-bond donors (Lipinski definition) is 1. The Kier molecular flexibility index (Phi) is 2.95. The van der Waals surface area contributed by atoms with Crippen LogP contribution in [-0.2, 0) is 5.11 Å². The van der Waals surface area contributed by atoms with Gasteiger partial charge in [0.25, 0.3) is 5.91 Å². The summed E-state index contributed by atoms with van der Waals surface area (Å²) in [4.78, 5) is 11.3. The fourth-order valence-corrected chi connectivity index (χ4v) is 0.867. The summed E-state index contributed by atoms with van der Waals surface area (Å²) >= 11 is 0. The second-order valence-electron chi connectivity index (χ2n) is 2.90. The van der Waals surface area contributed by atoms with Crippen molar-refractivity contribution in [2.24, 2.45) is 0 Å². The fourth-order valence-electron chi connectivity index (χ4n) is 0.867. The third-order valence-corrected chi connectivity index (χ3v) is 1.86. The van der Waals surface area contributed by atoms with Gasteiger partial charge >= 0.3 is 5.95 Å². The van der Waals surface area contributed by atoms with E-state index in [-0.39, 0.29) is 17.5 Å². The van der Waals surface area contributed by atoms with Crippen molar-refractivity contribution in [1.29, 1.82) is 0 Å². The van der Waals surface area contributed by atoms with Crippen molar-refractivity contribution in [2.45, 2.75) is 26.3 Å². The molecule has 0 spiro atoms. The molecule has 1 amide bonds. The molecule has 4 nitrogen and oxygen atoms in total. The number of carbonyl (C=O) groups excluding carboxylic acids is 1. The standard InChI is InChI=1S/C9H12NO3/c1-3-6(2)10-8(11)7-4-5-13-9(7)12/h4-6H,3H2,1-2H3,(H,10,11). The summed E-state index contributed by atoms with van der Waals surface area (Å²) in [6, 6.07) is 1.45. The molecule has 1 aromatic heterocycles. The zero-order chi connectivity index (χ0) is 9.84. The van der Waals surface area contributed by atoms with Crippen LogP contribution in [0.15, 0.2) is 16.7 Å². The monoisotopic (exact) mass is 182 g/mol. The highest BCUT2D eigenvalue weighted by atomic mass is 16.5. The van der Waals surface area contributed by atoms with Gasteiger partial charge in [0.1, 0.15) is 5.56 Å². The minimum absolute atomic E-state index is 0.0697. The van der Waals surface area contributed by atoms with Crippen LogP contribution in [0.25, 0.3) is 0 Å². The molecule has 71 valence electrons. The largest absolute Gasteiger partial charge is 0.431 e. The lowest BCUT2D eigenvalue weighted by molar-refractivity contribution is 0.0931. The van der Waals surface area contributed by atoms with Crippen molar-refractivity contribution < 1.29 is 14.3 Å². The van der Waals surface area contributed by atoms with Gasteiger partial charge in [-0.05, 0) is 19.4 Å². The number of rotatable bonds is 3. The molecule has 1 rings (SSSR count). The molecule has 0 aliphatic rings. The Morgan fingerprint density at radius 2 is 2.38 bits per heavy atom. The molecule has 0 saturated heterocycles. The van der Waals surface area contributed by atoms with E-state index in [0.717, 1.165) is 6.42 Å². The lowest BCUT2D eigenvalue weighted by Crippen LogP contribution is -2.31. The summed E-state index contributed by atoms with van der Waals surface area (Å²) in [5.74, 6) is -0.950. The first-order chi connectivity index (χ1) is 6.15. The predicted octanol–water partition coefficient (Wildman–Crippen LogP) is 1.95. The molecule has 1 N–H and O–H groups in total. The van der Waals surface area contributed by atoms with Gasteiger partial charge in [0.2, 0.25) is 0 Å². The third kappa shape index (κ3) is 2.24. The highest BCUT2D eigenvalue weighted by molar-refractivity contribution is 5.96. The molecule has 1 radical (unpaired) electrons. The molecular formula is C9H12NO3. The van der Waals surface area contributed by atoms with Gasteiger partial charge in [-0.2, -0.15) is 0 Å². The third-order valence-electron chi connectivity index (χ3n) is 1.86. The molecular weight excluding hydrogens is 170 g/mol. The van der Waals surface area contributed by atoms with Crippen LogP contribution in [0.3, 0.4) is 0 Å². The topological polar surface area (TPSA) is 62.1 Å². The summed E-state index contributed by atoms with van der Waals surface area (Å²) < 4.78 is 4.48. The summed E-state index contributed by atoms with van der Waals surface area (Å²) in [6.45, 7) is 3.83. The van der Waals surface area contributed by atoms with Gasteiger partial charge in [0.05, 0.1) is 6.26 Å². The van der Waals surface area contributed by atoms with Gasteiger partial charge in [0, 0.05) is 6.04 Å². The van der Waals surface area contributed by atoms with E-state index in [1.807, 2.05) is 13.8 Å². The molecule has 0 saturated carbocycles. The number of amides is 1. The number of nitrogens with one attached hydrogen (secondary N) is 1. The molecule has 1 atom stereocenters. The Morgan fingerprint density at radius 1 is 1.69 bits per heavy atom. The van der Waals surface area contributed by atoms with Crippen LogP contribution in [0, 0.1) is 0 Å². The lowest BCUT2D eigenvalue weighted by Gasteiger charge is -2.09. The Bertz CT molecular complexity index is 293. The average Bonchev–Trinajstić information content (AvgIpc) is 2.51. The van der Waals surface area contributed by atoms with Crippen molar-refractivity contribution in [3.8, 4) is 5.95 Å². The van der Waals surface area contributed by atoms with E-state index in [1.54, 1.807) is 0 Å². The van der Waals surface area contributed by atoms with E-state index in [0.29, 0.717) is 0 Å². The highest BCUT2D eigenvalue weighted by Crippen LogP contribution is 2.17. The lowest BCUT2D eigenvalue weighted by atomic mass is 10.2. The van der Waals surface area contributed by atoms with E-state index < -0.39 is 5.95 Å². The van der Waals surface area contributed by atoms with E-state index in [9.17, 15) is 9.90 Å². The normalized spacial score (nSPS) is 12.5. The predicted molar refractivity (Wildman–Crippen MR) is 46.1 cm³/mol. The zero-order valence-corrected chi connectivity index (χ0v) is 7.66. The number of carbonyl (C=O) groups is 1. The van der Waals surface area contributed by atoms with E-state index in [2.05, 4.69) is 9.73 Å². The molecule has 1 heterocycles. The zero-order valence-electron chi connectivity index (χ0n) is 7.66. The molecule has 0 aliphatic carbocycles. The Hall–Kier alpha value is -1.45. The Morgan fingerprint density at radius 3 is 2.85 bits per heavy atom. The minimum Gasteiger partial charge on any atom is -0.431 e. The van der Waals surface area contributed by atoms with Gasteiger partial charge in [0.15, 0.2) is 0 Å². The van der Waals surface area contributed by atoms with Crippen molar-refractivity contribution in [1.82, 2.24) is 5.32 Å². The van der Waals surface area contributed by atoms with Crippen molar-refractivity contribution >= 4 is 5.91 Å². The molecule has 0 bridgehead atoms. The summed E-state index contributed by atoms with van der Waals surface area (Å²) in [7, 11) is 0. The SMILES string of the molecule is CCC(C)NC(=O)c1ccoc1[O]. The van der Waals surface area contributed by atoms with Crippen LogP contribution in [0.5, 0.6) is 5.95 Å². The van der Waals surface area contributed by atoms with Gasteiger partial charge in [-0.15, -0.1) is 0 Å². The van der Waals surface area contributed by atoms with Crippen LogP contribution >= 0.6 is 0 Å². The van der Waals surface area contributed by atoms with Crippen LogP contribution in [0.4, 0.5) is 0 Å². The van der Waals surface area contributed by atoms with E-state index in [4.69, 9.17) is 0 Å². The molecule has 4 heteroatoms. The van der Waals surface area contributed by atoms with Crippen LogP contribution < -0.4 is 5.32 Å². The first kappa shape index (κ1) is 9.64. The quantitative estimate of drug-likeness (QED) is 0.776. The first-order valence-corrected chi connectivity index (χ1v) is 4.20. The molecule has 0 aromatic carbocycles. The van der Waals surface area contributed by atoms with E-state index >= 15 is 0 Å². The first-order valence-electron chi connectivity index (χ1n) is 4.20. The number of hydrogen-bond acceptors (Lipinski definition) is 2. The van der Waals surface area contributed by atoms with Gasteiger partial charge in [-0.1, -0.05) is 6.92 Å². The molecule has 0 aliphatic heterocycles. The second kappa shape index (κ2) is 3.98. The van der Waals surface area contributed by atoms with Crippen LogP contribution in [0.2, 0.25) is 0 Å². The van der Waals surface area contributed by atoms with Gasteiger partial charge < -0.3 is 9.73 Å². The second-order valence-corrected chi connectivity index (χ2v) is 2.90. The van der Waals surface area contributed by atoms with Gasteiger partial charge in [-0.25, -0.2) is 5.11 Å². The maximum absolute atomic E-state index is 11.3. The molecule has 1 aromatic rings. The van der Waals surface area contributed by atoms with Crippen molar-refractivity contribution in [3.63, 3.8) is 0 Å². The van der Waals surface area contributed by atoms with Crippen molar-refractivity contribution in [2.75, 3.05) is 0 Å². The van der Waals surface area contributed by atoms with E-state index in [1.165, 1.54) is 12.3 Å². The maximum atomic E-state index is 11.3. The summed E-state index contributed by atoms with van der Waals surface area (Å²) in [6.07, 6.45) is 2.05. The Balaban J connectivity index is 2.64. The molecule has 0 fully saturated rings. The summed E-state index contributed by atoms with van der Waals surface area (Å²) in [5, 5.41) is 13.6. The molecule has 1 unspecified atom stereocenters. The Labute approximate surface area is 76.6 Å². The molecule has 13 heavy (non-hydrogen) atoms. The van der Waals surface area contributed by atoms with Crippen LogP contribution in [0.1, 0.15) is 30.6 Å². The minimum atomic E-state index is -0.583. The highest BCUT2D eigenvalue weighted by Gasteiger charge is 2.16. The average molecular weight is 182 g/mol.